The molecule has 0 radical (unpaired) electrons. The summed E-state index contributed by atoms with van der Waals surface area (Å²) in [5, 5.41) is 19.2. The number of aromatic carboxylic acids is 1. The first-order valence-corrected chi connectivity index (χ1v) is 6.69. The van der Waals surface area contributed by atoms with Crippen LogP contribution in [-0.2, 0) is 0 Å². The number of aliphatic hydroxyl groups excluding tert-OH is 1. The lowest BCUT2D eigenvalue weighted by Gasteiger charge is -2.36. The third-order valence-electron chi connectivity index (χ3n) is 3.59. The van der Waals surface area contributed by atoms with Crippen molar-refractivity contribution in [1.29, 1.82) is 0 Å². The van der Waals surface area contributed by atoms with Gasteiger partial charge in [-0.2, -0.15) is 0 Å². The molecule has 0 amide bonds. The van der Waals surface area contributed by atoms with Gasteiger partial charge in [-0.05, 0) is 25.0 Å². The molecule has 6 heteroatoms. The van der Waals surface area contributed by atoms with Crippen LogP contribution in [0.4, 0.5) is 5.82 Å². The fourth-order valence-electron chi connectivity index (χ4n) is 2.49. The average molecular weight is 285 g/mol. The third kappa shape index (κ3) is 2.98. The molecule has 5 nitrogen and oxygen atoms in total. The van der Waals surface area contributed by atoms with Crippen LogP contribution in [0.3, 0.4) is 0 Å². The number of carbonyl (C=O) groups is 1. The number of hydrogen-bond donors (Lipinski definition) is 2. The Morgan fingerprint density at radius 2 is 2.11 bits per heavy atom. The highest BCUT2D eigenvalue weighted by atomic mass is 35.5. The molecule has 2 rings (SSSR count). The highest BCUT2D eigenvalue weighted by molar-refractivity contribution is 6.33. The van der Waals surface area contributed by atoms with Gasteiger partial charge in [0.1, 0.15) is 5.82 Å². The van der Waals surface area contributed by atoms with Crippen LogP contribution in [0.25, 0.3) is 0 Å². The lowest BCUT2D eigenvalue weighted by molar-refractivity contribution is 0.0690. The Balaban J connectivity index is 2.25. The molecule has 0 spiro atoms. The first-order valence-electron chi connectivity index (χ1n) is 6.31. The van der Waals surface area contributed by atoms with E-state index < -0.39 is 12.1 Å². The summed E-state index contributed by atoms with van der Waals surface area (Å²) in [5.74, 6) is -0.628. The number of pyridine rings is 1. The third-order valence-corrected chi connectivity index (χ3v) is 3.89. The molecular weight excluding hydrogens is 268 g/mol. The molecule has 2 unspecified atom stereocenters. The molecular formula is C13H17ClN2O3. The number of aromatic nitrogens is 1. The van der Waals surface area contributed by atoms with Crippen molar-refractivity contribution in [1.82, 2.24) is 4.98 Å². The van der Waals surface area contributed by atoms with E-state index >= 15 is 0 Å². The van der Waals surface area contributed by atoms with Crippen LogP contribution in [0.1, 0.15) is 36.2 Å². The fourth-order valence-corrected chi connectivity index (χ4v) is 2.68. The van der Waals surface area contributed by atoms with Gasteiger partial charge in [-0.15, -0.1) is 0 Å². The van der Waals surface area contributed by atoms with Crippen LogP contribution in [0.5, 0.6) is 0 Å². The van der Waals surface area contributed by atoms with Crippen molar-refractivity contribution in [3.63, 3.8) is 0 Å². The van der Waals surface area contributed by atoms with Gasteiger partial charge in [0.15, 0.2) is 5.69 Å². The number of carboxylic acids is 1. The van der Waals surface area contributed by atoms with Gasteiger partial charge in [0, 0.05) is 7.05 Å². The van der Waals surface area contributed by atoms with Crippen molar-refractivity contribution in [2.24, 2.45) is 0 Å². The second-order valence-electron chi connectivity index (χ2n) is 4.84. The highest BCUT2D eigenvalue weighted by Gasteiger charge is 2.28. The Kier molecular flexibility index (Phi) is 4.27. The predicted octanol–water partition coefficient (Wildman–Crippen LogP) is 2.17. The lowest BCUT2D eigenvalue weighted by atomic mass is 9.91. The minimum absolute atomic E-state index is 0.0240. The number of carboxylic acid groups (broad SMARTS) is 1. The Morgan fingerprint density at radius 3 is 2.74 bits per heavy atom. The molecule has 1 fully saturated rings. The quantitative estimate of drug-likeness (QED) is 0.890. The highest BCUT2D eigenvalue weighted by Crippen LogP contribution is 2.27. The smallest absolute Gasteiger partial charge is 0.356 e. The van der Waals surface area contributed by atoms with Gasteiger partial charge in [0.25, 0.3) is 0 Å². The molecule has 1 aromatic rings. The molecule has 19 heavy (non-hydrogen) atoms. The van der Waals surface area contributed by atoms with Crippen molar-refractivity contribution in [3.05, 3.63) is 22.8 Å². The van der Waals surface area contributed by atoms with Crippen LogP contribution in [0.15, 0.2) is 12.1 Å². The molecule has 2 N–H and O–H groups in total. The predicted molar refractivity (Wildman–Crippen MR) is 72.9 cm³/mol. The summed E-state index contributed by atoms with van der Waals surface area (Å²) in [7, 11) is 1.82. The Morgan fingerprint density at radius 1 is 1.42 bits per heavy atom. The molecule has 1 aromatic heterocycles. The summed E-state index contributed by atoms with van der Waals surface area (Å²) in [6.07, 6.45) is 3.34. The van der Waals surface area contributed by atoms with E-state index in [9.17, 15) is 9.90 Å². The standard InChI is InChI=1S/C13H17ClN2O3/c1-16(9-4-2-3-5-10(9)17)11-7-6-8(14)12(15-11)13(18)19/h6-7,9-10,17H,2-5H2,1H3,(H,18,19). The minimum atomic E-state index is -1.15. The van der Waals surface area contributed by atoms with E-state index in [2.05, 4.69) is 4.98 Å². The molecule has 0 aromatic carbocycles. The van der Waals surface area contributed by atoms with Gasteiger partial charge in [-0.3, -0.25) is 0 Å². The number of anilines is 1. The Hall–Kier alpha value is -1.33. The molecule has 0 bridgehead atoms. The maximum Gasteiger partial charge on any atom is 0.356 e. The second-order valence-corrected chi connectivity index (χ2v) is 5.24. The van der Waals surface area contributed by atoms with Crippen LogP contribution in [0, 0.1) is 0 Å². The monoisotopic (exact) mass is 284 g/mol. The number of halogens is 1. The molecule has 1 heterocycles. The summed E-state index contributed by atoms with van der Waals surface area (Å²) >= 11 is 5.80. The van der Waals surface area contributed by atoms with Crippen molar-refractivity contribution in [2.45, 2.75) is 37.8 Å². The number of aliphatic hydroxyl groups is 1. The van der Waals surface area contributed by atoms with Gasteiger partial charge in [-0.25, -0.2) is 9.78 Å². The van der Waals surface area contributed by atoms with Crippen LogP contribution in [0.2, 0.25) is 5.02 Å². The molecule has 0 saturated heterocycles. The molecule has 0 aliphatic heterocycles. The number of nitrogens with zero attached hydrogens (tertiary/aromatic N) is 2. The van der Waals surface area contributed by atoms with Gasteiger partial charge in [0.05, 0.1) is 17.2 Å². The number of likely N-dealkylation sites (N-methyl/N-ethyl adjacent to an activating group) is 1. The SMILES string of the molecule is CN(c1ccc(Cl)c(C(=O)O)n1)C1CCCCC1O. The first-order chi connectivity index (χ1) is 9.00. The van der Waals surface area contributed by atoms with Crippen molar-refractivity contribution >= 4 is 23.4 Å². The van der Waals surface area contributed by atoms with E-state index in [0.717, 1.165) is 25.7 Å². The molecule has 2 atom stereocenters. The maximum atomic E-state index is 11.0. The Bertz CT molecular complexity index is 481. The van der Waals surface area contributed by atoms with Crippen molar-refractivity contribution < 1.29 is 15.0 Å². The van der Waals surface area contributed by atoms with E-state index in [4.69, 9.17) is 16.7 Å². The zero-order chi connectivity index (χ0) is 14.0. The van der Waals surface area contributed by atoms with Gasteiger partial charge in [-0.1, -0.05) is 24.4 Å². The van der Waals surface area contributed by atoms with Crippen LogP contribution < -0.4 is 4.90 Å². The normalized spacial score (nSPS) is 23.1. The average Bonchev–Trinajstić information content (AvgIpc) is 2.38. The number of hydrogen-bond acceptors (Lipinski definition) is 4. The van der Waals surface area contributed by atoms with E-state index in [1.165, 1.54) is 6.07 Å². The van der Waals surface area contributed by atoms with Crippen molar-refractivity contribution in [3.8, 4) is 0 Å². The van der Waals surface area contributed by atoms with Crippen LogP contribution >= 0.6 is 11.6 Å². The van der Waals surface area contributed by atoms with E-state index in [0.29, 0.717) is 5.82 Å². The van der Waals surface area contributed by atoms with Gasteiger partial charge < -0.3 is 15.1 Å². The summed E-state index contributed by atoms with van der Waals surface area (Å²) in [5.41, 5.74) is -0.156. The van der Waals surface area contributed by atoms with Gasteiger partial charge >= 0.3 is 5.97 Å². The molecule has 1 aliphatic rings. The maximum absolute atomic E-state index is 11.0. The number of rotatable bonds is 3. The Labute approximate surface area is 116 Å². The molecule has 1 saturated carbocycles. The first kappa shape index (κ1) is 14.1. The zero-order valence-electron chi connectivity index (χ0n) is 10.7. The van der Waals surface area contributed by atoms with Gasteiger partial charge in [0.2, 0.25) is 0 Å². The minimum Gasteiger partial charge on any atom is -0.476 e. The summed E-state index contributed by atoms with van der Waals surface area (Å²) in [4.78, 5) is 16.9. The van der Waals surface area contributed by atoms with E-state index in [1.807, 2.05) is 11.9 Å². The molecule has 1 aliphatic carbocycles. The summed E-state index contributed by atoms with van der Waals surface area (Å²) in [6.45, 7) is 0. The summed E-state index contributed by atoms with van der Waals surface area (Å²) in [6, 6.07) is 3.18. The lowest BCUT2D eigenvalue weighted by Crippen LogP contribution is -2.43. The summed E-state index contributed by atoms with van der Waals surface area (Å²) < 4.78 is 0. The zero-order valence-corrected chi connectivity index (χ0v) is 11.5. The molecule has 104 valence electrons. The largest absolute Gasteiger partial charge is 0.476 e. The van der Waals surface area contributed by atoms with E-state index in [-0.39, 0.29) is 16.8 Å². The van der Waals surface area contributed by atoms with Crippen LogP contribution in [-0.4, -0.2) is 40.4 Å². The fraction of sp³-hybridized carbons (Fsp3) is 0.538. The topological polar surface area (TPSA) is 73.7 Å². The second kappa shape index (κ2) is 5.75. The van der Waals surface area contributed by atoms with E-state index in [1.54, 1.807) is 6.07 Å². The van der Waals surface area contributed by atoms with Crippen molar-refractivity contribution in [2.75, 3.05) is 11.9 Å².